The lowest BCUT2D eigenvalue weighted by molar-refractivity contribution is 0.108. The molecule has 0 aliphatic carbocycles. The number of halogens is 2. The maximum atomic E-state index is 11.3. The van der Waals surface area contributed by atoms with Crippen molar-refractivity contribution in [2.45, 2.75) is 20.3 Å². The van der Waals surface area contributed by atoms with Crippen LogP contribution < -0.4 is 9.47 Å². The monoisotopic (exact) mass is 332 g/mol. The summed E-state index contributed by atoms with van der Waals surface area (Å²) < 4.78 is 12.1. The van der Waals surface area contributed by atoms with Gasteiger partial charge in [0.1, 0.15) is 4.88 Å². The van der Waals surface area contributed by atoms with Crippen LogP contribution in [0.5, 0.6) is 11.5 Å². The summed E-state index contributed by atoms with van der Waals surface area (Å²) in [5, 5.41) is 0.575. The molecule has 20 heavy (non-hydrogen) atoms. The van der Waals surface area contributed by atoms with Crippen molar-refractivity contribution in [2.24, 2.45) is 0 Å². The predicted molar refractivity (Wildman–Crippen MR) is 84.0 cm³/mol. The van der Waals surface area contributed by atoms with E-state index in [9.17, 15) is 4.79 Å². The minimum atomic E-state index is -0.551. The van der Waals surface area contributed by atoms with Crippen LogP contribution in [0, 0.1) is 0 Å². The highest BCUT2D eigenvalue weighted by atomic mass is 35.5. The first kappa shape index (κ1) is 15.4. The Balaban J connectivity index is 2.55. The SMILES string of the molecule is CCCOc1cc2sc(C(=O)Cl)c(Cl)c2cc1OCC. The first-order chi connectivity index (χ1) is 9.58. The summed E-state index contributed by atoms with van der Waals surface area (Å²) in [6, 6.07) is 3.64. The van der Waals surface area contributed by atoms with Crippen molar-refractivity contribution in [1.29, 1.82) is 0 Å². The van der Waals surface area contributed by atoms with Crippen LogP contribution in [0.15, 0.2) is 12.1 Å². The number of carbonyl (C=O) groups is 1. The Morgan fingerprint density at radius 3 is 2.55 bits per heavy atom. The van der Waals surface area contributed by atoms with E-state index in [1.807, 2.05) is 19.9 Å². The third-order valence-electron chi connectivity index (χ3n) is 2.63. The van der Waals surface area contributed by atoms with E-state index in [-0.39, 0.29) is 0 Å². The van der Waals surface area contributed by atoms with E-state index in [4.69, 9.17) is 32.7 Å². The summed E-state index contributed by atoms with van der Waals surface area (Å²) in [6.45, 7) is 5.06. The Kier molecular flexibility index (Phi) is 5.13. The number of rotatable bonds is 6. The Morgan fingerprint density at radius 1 is 1.25 bits per heavy atom. The van der Waals surface area contributed by atoms with Crippen LogP contribution in [-0.4, -0.2) is 18.5 Å². The van der Waals surface area contributed by atoms with Crippen LogP contribution in [0.2, 0.25) is 5.02 Å². The van der Waals surface area contributed by atoms with Gasteiger partial charge in [-0.15, -0.1) is 11.3 Å². The molecule has 0 atom stereocenters. The molecule has 0 aliphatic heterocycles. The molecular weight excluding hydrogens is 319 g/mol. The lowest BCUT2D eigenvalue weighted by Gasteiger charge is -2.11. The van der Waals surface area contributed by atoms with E-state index in [1.165, 1.54) is 11.3 Å². The molecule has 3 nitrogen and oxygen atoms in total. The van der Waals surface area contributed by atoms with E-state index in [2.05, 4.69) is 0 Å². The van der Waals surface area contributed by atoms with Crippen molar-refractivity contribution < 1.29 is 14.3 Å². The van der Waals surface area contributed by atoms with Crippen LogP contribution in [-0.2, 0) is 0 Å². The highest BCUT2D eigenvalue weighted by Gasteiger charge is 2.18. The second kappa shape index (κ2) is 6.66. The molecular formula is C14H14Cl2O3S. The highest BCUT2D eigenvalue weighted by molar-refractivity contribution is 7.23. The number of ether oxygens (including phenoxy) is 2. The summed E-state index contributed by atoms with van der Waals surface area (Å²) >= 11 is 13.0. The quantitative estimate of drug-likeness (QED) is 0.688. The van der Waals surface area contributed by atoms with Crippen molar-refractivity contribution in [1.82, 2.24) is 0 Å². The smallest absolute Gasteiger partial charge is 0.263 e. The first-order valence-corrected chi connectivity index (χ1v) is 7.87. The molecule has 0 spiro atoms. The number of fused-ring (bicyclic) bond motifs is 1. The molecule has 0 amide bonds. The molecule has 2 rings (SSSR count). The highest BCUT2D eigenvalue weighted by Crippen LogP contribution is 2.42. The summed E-state index contributed by atoms with van der Waals surface area (Å²) in [6.07, 6.45) is 0.903. The van der Waals surface area contributed by atoms with Crippen LogP contribution in [0.25, 0.3) is 10.1 Å². The van der Waals surface area contributed by atoms with Crippen LogP contribution >= 0.6 is 34.5 Å². The molecule has 108 valence electrons. The van der Waals surface area contributed by atoms with E-state index < -0.39 is 5.24 Å². The van der Waals surface area contributed by atoms with E-state index in [0.29, 0.717) is 34.6 Å². The molecule has 1 aromatic carbocycles. The van der Waals surface area contributed by atoms with Crippen molar-refractivity contribution in [3.63, 3.8) is 0 Å². The van der Waals surface area contributed by atoms with Gasteiger partial charge in [-0.1, -0.05) is 18.5 Å². The average molecular weight is 333 g/mol. The molecule has 0 saturated carbocycles. The summed E-state index contributed by atoms with van der Waals surface area (Å²) in [7, 11) is 0. The molecule has 0 N–H and O–H groups in total. The predicted octanol–water partition coefficient (Wildman–Crippen LogP) is 5.12. The molecule has 1 heterocycles. The third-order valence-corrected chi connectivity index (χ3v) is 4.59. The normalized spacial score (nSPS) is 10.8. The third kappa shape index (κ3) is 3.03. The van der Waals surface area contributed by atoms with Gasteiger partial charge in [0.2, 0.25) is 0 Å². The molecule has 0 saturated heterocycles. The Morgan fingerprint density at radius 2 is 1.95 bits per heavy atom. The van der Waals surface area contributed by atoms with Crippen LogP contribution in [0.4, 0.5) is 0 Å². The maximum absolute atomic E-state index is 11.3. The molecule has 0 unspecified atom stereocenters. The zero-order valence-corrected chi connectivity index (χ0v) is 13.5. The van der Waals surface area contributed by atoms with Crippen molar-refractivity contribution >= 4 is 49.9 Å². The van der Waals surface area contributed by atoms with Gasteiger partial charge < -0.3 is 9.47 Å². The van der Waals surface area contributed by atoms with Gasteiger partial charge in [-0.2, -0.15) is 0 Å². The standard InChI is InChI=1S/C14H14Cl2O3S/c1-3-5-19-10-7-11-8(6-9(10)18-4-2)12(15)13(20-11)14(16)17/h6-7H,3-5H2,1-2H3. The van der Waals surface area contributed by atoms with Gasteiger partial charge >= 0.3 is 0 Å². The number of hydrogen-bond donors (Lipinski definition) is 0. The summed E-state index contributed by atoms with van der Waals surface area (Å²) in [5.74, 6) is 1.29. The van der Waals surface area contributed by atoms with Crippen molar-refractivity contribution in [3.8, 4) is 11.5 Å². The van der Waals surface area contributed by atoms with E-state index in [0.717, 1.165) is 16.5 Å². The molecule has 1 aromatic heterocycles. The fraction of sp³-hybridized carbons (Fsp3) is 0.357. The Labute approximate surface area is 131 Å². The lowest BCUT2D eigenvalue weighted by Crippen LogP contribution is -1.99. The molecule has 0 aliphatic rings. The maximum Gasteiger partial charge on any atom is 0.263 e. The zero-order valence-electron chi connectivity index (χ0n) is 11.2. The Hall–Kier alpha value is -0.970. The molecule has 0 bridgehead atoms. The largest absolute Gasteiger partial charge is 0.490 e. The van der Waals surface area contributed by atoms with Gasteiger partial charge in [-0.25, -0.2) is 0 Å². The first-order valence-electron chi connectivity index (χ1n) is 6.29. The minimum Gasteiger partial charge on any atom is -0.490 e. The second-order valence-corrected chi connectivity index (χ2v) is 5.87. The topological polar surface area (TPSA) is 35.5 Å². The second-order valence-electron chi connectivity index (χ2n) is 4.10. The number of benzene rings is 1. The van der Waals surface area contributed by atoms with Gasteiger partial charge in [0.25, 0.3) is 5.24 Å². The summed E-state index contributed by atoms with van der Waals surface area (Å²) in [4.78, 5) is 11.7. The van der Waals surface area contributed by atoms with Gasteiger partial charge in [-0.3, -0.25) is 4.79 Å². The van der Waals surface area contributed by atoms with Gasteiger partial charge in [-0.05, 0) is 31.0 Å². The number of carbonyl (C=O) groups excluding carboxylic acids is 1. The number of hydrogen-bond acceptors (Lipinski definition) is 4. The van der Waals surface area contributed by atoms with Crippen LogP contribution in [0.3, 0.4) is 0 Å². The van der Waals surface area contributed by atoms with Crippen LogP contribution in [0.1, 0.15) is 29.9 Å². The van der Waals surface area contributed by atoms with Crippen molar-refractivity contribution in [2.75, 3.05) is 13.2 Å². The lowest BCUT2D eigenvalue weighted by atomic mass is 10.2. The fourth-order valence-electron chi connectivity index (χ4n) is 1.79. The fourth-order valence-corrected chi connectivity index (χ4v) is 3.40. The van der Waals surface area contributed by atoms with Crippen molar-refractivity contribution in [3.05, 3.63) is 22.0 Å². The summed E-state index contributed by atoms with van der Waals surface area (Å²) in [5.41, 5.74) is 0. The molecule has 2 aromatic rings. The van der Waals surface area contributed by atoms with E-state index >= 15 is 0 Å². The number of thiophene rings is 1. The van der Waals surface area contributed by atoms with E-state index in [1.54, 1.807) is 6.07 Å². The average Bonchev–Trinajstić information content (AvgIpc) is 2.74. The Bertz CT molecular complexity index is 637. The minimum absolute atomic E-state index is 0.346. The van der Waals surface area contributed by atoms with Gasteiger partial charge in [0.05, 0.1) is 18.2 Å². The molecule has 0 fully saturated rings. The zero-order chi connectivity index (χ0) is 14.7. The molecule has 6 heteroatoms. The van der Waals surface area contributed by atoms with Gasteiger partial charge in [0, 0.05) is 16.2 Å². The molecule has 0 radical (unpaired) electrons. The van der Waals surface area contributed by atoms with Gasteiger partial charge in [0.15, 0.2) is 11.5 Å².